The minimum Gasteiger partial charge on any atom is -0.370 e. The molecule has 0 aliphatic rings. The molecule has 0 aliphatic carbocycles. The van der Waals surface area contributed by atoms with Crippen LogP contribution < -0.4 is 5.32 Å². The van der Waals surface area contributed by atoms with Crippen molar-refractivity contribution in [3.05, 3.63) is 0 Å². The average molecular weight is 340 g/mol. The molecule has 1 unspecified atom stereocenters. The van der Waals surface area contributed by atoms with Crippen molar-refractivity contribution in [3.8, 4) is 0 Å². The maximum atomic E-state index is 10.4. The standard InChI is InChI=1S/C4H6Br3NO2/c1-2(9)8-3(10)4(5,6)7/h3,10H,1H3,(H,8,9). The Balaban J connectivity index is 3.85. The number of hydrogen-bond acceptors (Lipinski definition) is 2. The molecular weight excluding hydrogens is 334 g/mol. The number of aliphatic hydroxyl groups is 1. The van der Waals surface area contributed by atoms with Gasteiger partial charge in [0, 0.05) is 6.92 Å². The topological polar surface area (TPSA) is 49.3 Å². The fourth-order valence-corrected chi connectivity index (χ4v) is 0.618. The number of rotatable bonds is 1. The molecule has 0 aromatic rings. The SMILES string of the molecule is CC(=O)NC(O)C(Br)(Br)Br. The fraction of sp³-hybridized carbons (Fsp3) is 0.750. The van der Waals surface area contributed by atoms with Gasteiger partial charge in [0.05, 0.1) is 0 Å². The highest BCUT2D eigenvalue weighted by atomic mass is 80.0. The van der Waals surface area contributed by atoms with Crippen LogP contribution in [-0.4, -0.2) is 19.4 Å². The first-order valence-electron chi connectivity index (χ1n) is 2.36. The summed E-state index contributed by atoms with van der Waals surface area (Å²) in [6.07, 6.45) is -1.01. The third kappa shape index (κ3) is 4.65. The first kappa shape index (κ1) is 10.9. The first-order valence-corrected chi connectivity index (χ1v) is 4.74. The maximum absolute atomic E-state index is 10.4. The smallest absolute Gasteiger partial charge is 0.218 e. The van der Waals surface area contributed by atoms with E-state index in [9.17, 15) is 4.79 Å². The molecule has 0 radical (unpaired) electrons. The van der Waals surface area contributed by atoms with Crippen LogP contribution in [0.15, 0.2) is 0 Å². The molecule has 1 atom stereocenters. The van der Waals surface area contributed by atoms with Crippen LogP contribution in [-0.2, 0) is 4.79 Å². The largest absolute Gasteiger partial charge is 0.370 e. The molecule has 0 aliphatic heterocycles. The van der Waals surface area contributed by atoms with Crippen molar-refractivity contribution in [2.75, 3.05) is 0 Å². The molecular formula is C4H6Br3NO2. The maximum Gasteiger partial charge on any atom is 0.218 e. The lowest BCUT2D eigenvalue weighted by Crippen LogP contribution is -2.41. The zero-order valence-corrected chi connectivity index (χ0v) is 9.82. The predicted molar refractivity (Wildman–Crippen MR) is 49.3 cm³/mol. The molecule has 0 saturated carbocycles. The number of nitrogens with one attached hydrogen (secondary N) is 1. The van der Waals surface area contributed by atoms with Crippen LogP contribution >= 0.6 is 47.8 Å². The lowest BCUT2D eigenvalue weighted by Gasteiger charge is -2.19. The van der Waals surface area contributed by atoms with Gasteiger partial charge >= 0.3 is 0 Å². The van der Waals surface area contributed by atoms with Gasteiger partial charge in [0.15, 0.2) is 8.37 Å². The number of alkyl halides is 3. The van der Waals surface area contributed by atoms with Crippen LogP contribution in [0.5, 0.6) is 0 Å². The summed E-state index contributed by atoms with van der Waals surface area (Å²) in [7, 11) is 0. The predicted octanol–water partition coefficient (Wildman–Crippen LogP) is 1.28. The van der Waals surface area contributed by atoms with Crippen LogP contribution in [0.2, 0.25) is 0 Å². The Hall–Kier alpha value is 0.870. The third-order valence-electron chi connectivity index (χ3n) is 0.650. The van der Waals surface area contributed by atoms with Crippen LogP contribution in [0, 0.1) is 0 Å². The van der Waals surface area contributed by atoms with Gasteiger partial charge in [-0.15, -0.1) is 0 Å². The van der Waals surface area contributed by atoms with Crippen molar-refractivity contribution >= 4 is 53.7 Å². The summed E-state index contributed by atoms with van der Waals surface area (Å²) in [6, 6.07) is 0. The second-order valence-corrected chi connectivity index (χ2v) is 8.59. The van der Waals surface area contributed by atoms with Gasteiger partial charge < -0.3 is 10.4 Å². The van der Waals surface area contributed by atoms with Gasteiger partial charge in [-0.1, -0.05) is 47.8 Å². The summed E-state index contributed by atoms with van der Waals surface area (Å²) in [4.78, 5) is 10.4. The van der Waals surface area contributed by atoms with Crippen molar-refractivity contribution in [2.24, 2.45) is 0 Å². The second kappa shape index (κ2) is 4.04. The fourth-order valence-electron chi connectivity index (χ4n) is 0.274. The molecule has 60 valence electrons. The normalized spacial score (nSPS) is 14.5. The lowest BCUT2D eigenvalue weighted by atomic mass is 10.6. The molecule has 0 rings (SSSR count). The molecule has 0 spiro atoms. The minimum atomic E-state index is -1.01. The summed E-state index contributed by atoms with van der Waals surface area (Å²) < 4.78 is -0.849. The van der Waals surface area contributed by atoms with Crippen LogP contribution in [0.4, 0.5) is 0 Å². The highest BCUT2D eigenvalue weighted by Gasteiger charge is 2.29. The van der Waals surface area contributed by atoms with Crippen molar-refractivity contribution in [1.82, 2.24) is 5.32 Å². The highest BCUT2D eigenvalue weighted by Crippen LogP contribution is 2.35. The van der Waals surface area contributed by atoms with Gasteiger partial charge in [0.25, 0.3) is 0 Å². The number of hydrogen-bond donors (Lipinski definition) is 2. The quantitative estimate of drug-likeness (QED) is 0.558. The van der Waals surface area contributed by atoms with Crippen molar-refractivity contribution < 1.29 is 9.90 Å². The summed E-state index contributed by atoms with van der Waals surface area (Å²) in [5.74, 6) is -0.296. The monoisotopic (exact) mass is 337 g/mol. The van der Waals surface area contributed by atoms with E-state index >= 15 is 0 Å². The molecule has 10 heavy (non-hydrogen) atoms. The molecule has 0 fully saturated rings. The van der Waals surface area contributed by atoms with E-state index in [1.54, 1.807) is 0 Å². The Bertz CT molecular complexity index is 133. The van der Waals surface area contributed by atoms with E-state index in [2.05, 4.69) is 53.1 Å². The lowest BCUT2D eigenvalue weighted by molar-refractivity contribution is -0.121. The molecule has 0 bridgehead atoms. The molecule has 0 heterocycles. The number of carbonyl (C=O) groups excluding carboxylic acids is 1. The van der Waals surface area contributed by atoms with Gasteiger partial charge in [-0.2, -0.15) is 0 Å². The average Bonchev–Trinajstić information content (AvgIpc) is 1.60. The molecule has 0 aromatic heterocycles. The van der Waals surface area contributed by atoms with E-state index in [1.807, 2.05) is 0 Å². The van der Waals surface area contributed by atoms with Gasteiger partial charge in [0.2, 0.25) is 5.91 Å². The van der Waals surface area contributed by atoms with Crippen molar-refractivity contribution in [1.29, 1.82) is 0 Å². The molecule has 0 aromatic carbocycles. The molecule has 2 N–H and O–H groups in total. The summed E-state index contributed by atoms with van der Waals surface area (Å²) in [5.41, 5.74) is 0. The Labute approximate surface area is 83.9 Å². The van der Waals surface area contributed by atoms with E-state index in [0.29, 0.717) is 0 Å². The molecule has 6 heteroatoms. The van der Waals surface area contributed by atoms with E-state index in [1.165, 1.54) is 6.92 Å². The van der Waals surface area contributed by atoms with Crippen LogP contribution in [0.25, 0.3) is 0 Å². The number of halogens is 3. The Morgan fingerprint density at radius 3 is 2.10 bits per heavy atom. The number of aliphatic hydroxyl groups excluding tert-OH is 1. The van der Waals surface area contributed by atoms with Crippen LogP contribution in [0.1, 0.15) is 6.92 Å². The third-order valence-corrected chi connectivity index (χ3v) is 1.95. The van der Waals surface area contributed by atoms with E-state index in [-0.39, 0.29) is 5.91 Å². The van der Waals surface area contributed by atoms with Crippen molar-refractivity contribution in [2.45, 2.75) is 15.3 Å². The number of amides is 1. The van der Waals surface area contributed by atoms with Gasteiger partial charge in [0.1, 0.15) is 0 Å². The van der Waals surface area contributed by atoms with Gasteiger partial charge in [-0.25, -0.2) is 0 Å². The highest BCUT2D eigenvalue weighted by molar-refractivity contribution is 9.39. The summed E-state index contributed by atoms with van der Waals surface area (Å²) in [5, 5.41) is 11.3. The second-order valence-electron chi connectivity index (χ2n) is 1.64. The molecule has 3 nitrogen and oxygen atoms in total. The minimum absolute atomic E-state index is 0.296. The Morgan fingerprint density at radius 1 is 1.60 bits per heavy atom. The summed E-state index contributed by atoms with van der Waals surface area (Å²) in [6.45, 7) is 1.32. The van der Waals surface area contributed by atoms with Crippen LogP contribution in [0.3, 0.4) is 0 Å². The zero-order chi connectivity index (χ0) is 8.36. The van der Waals surface area contributed by atoms with Crippen molar-refractivity contribution in [3.63, 3.8) is 0 Å². The van der Waals surface area contributed by atoms with Gasteiger partial charge in [-0.05, 0) is 0 Å². The van der Waals surface area contributed by atoms with Gasteiger partial charge in [-0.3, -0.25) is 4.79 Å². The molecule has 0 saturated heterocycles. The van der Waals surface area contributed by atoms with E-state index < -0.39 is 8.37 Å². The Kier molecular flexibility index (Phi) is 4.39. The zero-order valence-electron chi connectivity index (χ0n) is 5.07. The number of carbonyl (C=O) groups is 1. The van der Waals surface area contributed by atoms with E-state index in [4.69, 9.17) is 5.11 Å². The summed E-state index contributed by atoms with van der Waals surface area (Å²) >= 11 is 9.12. The molecule has 1 amide bonds. The Morgan fingerprint density at radius 2 is 2.00 bits per heavy atom. The first-order chi connectivity index (χ1) is 4.34. The van der Waals surface area contributed by atoms with E-state index in [0.717, 1.165) is 0 Å².